The molecule has 10 heteroatoms. The van der Waals surface area contributed by atoms with E-state index in [1.807, 2.05) is 0 Å². The van der Waals surface area contributed by atoms with Gasteiger partial charge in [-0.25, -0.2) is 0 Å². The Morgan fingerprint density at radius 2 is 1.62 bits per heavy atom. The number of ether oxygens (including phenoxy) is 4. The van der Waals surface area contributed by atoms with E-state index in [1.165, 1.54) is 34.5 Å². The number of carbonyl (C=O) groups excluding carboxylic acids is 1. The molecule has 2 aromatic rings. The van der Waals surface area contributed by atoms with Crippen LogP contribution in [0.4, 0.5) is 11.4 Å². The molecular weight excluding hydrogens is 400 g/mol. The fourth-order valence-electron chi connectivity index (χ4n) is 2.77. The van der Waals surface area contributed by atoms with Crippen molar-refractivity contribution in [1.82, 2.24) is 0 Å². The summed E-state index contributed by atoms with van der Waals surface area (Å²) in [6.07, 6.45) is 0.281. The van der Waals surface area contributed by atoms with E-state index in [0.717, 1.165) is 0 Å². The summed E-state index contributed by atoms with van der Waals surface area (Å²) < 4.78 is 47.7. The Balaban J connectivity index is 2.86. The third-order valence-corrected chi connectivity index (χ3v) is 4.41. The second kappa shape index (κ2) is 9.78. The molecule has 0 saturated heterocycles. The Hall–Kier alpha value is -3.27. The second-order valence-corrected chi connectivity index (χ2v) is 6.28. The fourth-order valence-corrected chi connectivity index (χ4v) is 3.08. The van der Waals surface area contributed by atoms with Gasteiger partial charge in [-0.1, -0.05) is 13.0 Å². The standard InChI is InChI=1S/C19H22N2O7S/c1-6-16(22)20-12-9-11(7-8-14(12)25-2)17-13(21-29(23)24)10-15(26-3)18(27-4)19(17)28-5/h7-10H,6H2,1-5H3,(H,20,22). The molecule has 2 aromatic carbocycles. The summed E-state index contributed by atoms with van der Waals surface area (Å²) in [6, 6.07) is 6.41. The van der Waals surface area contributed by atoms with Crippen LogP contribution in [0.2, 0.25) is 0 Å². The molecule has 0 aromatic heterocycles. The van der Waals surface area contributed by atoms with Gasteiger partial charge in [-0.15, -0.1) is 4.36 Å². The van der Waals surface area contributed by atoms with E-state index in [2.05, 4.69) is 9.68 Å². The SMILES string of the molecule is CCC(=O)Nc1cc(-c2c(N=S(=O)=O)cc(OC)c(OC)c2OC)ccc1OC. The molecule has 0 aliphatic carbocycles. The molecule has 0 heterocycles. The molecule has 0 fully saturated rings. The number of nitrogens with zero attached hydrogens (tertiary/aromatic N) is 1. The first-order chi connectivity index (χ1) is 13.9. The molecule has 0 bridgehead atoms. The second-order valence-electron chi connectivity index (χ2n) is 5.66. The number of anilines is 1. The van der Waals surface area contributed by atoms with Gasteiger partial charge in [-0.2, -0.15) is 8.42 Å². The van der Waals surface area contributed by atoms with Crippen molar-refractivity contribution in [2.24, 2.45) is 4.36 Å². The molecule has 1 amide bonds. The van der Waals surface area contributed by atoms with E-state index < -0.39 is 10.5 Å². The molecule has 0 aliphatic heterocycles. The molecular formula is C19H22N2O7S. The number of nitrogens with one attached hydrogen (secondary N) is 1. The number of hydrogen-bond acceptors (Lipinski definition) is 8. The van der Waals surface area contributed by atoms with Crippen LogP contribution < -0.4 is 24.3 Å². The maximum atomic E-state index is 11.9. The largest absolute Gasteiger partial charge is 0.495 e. The van der Waals surface area contributed by atoms with E-state index in [-0.39, 0.29) is 35.3 Å². The smallest absolute Gasteiger partial charge is 0.316 e. The number of rotatable bonds is 8. The zero-order valence-electron chi connectivity index (χ0n) is 16.7. The van der Waals surface area contributed by atoms with Crippen molar-refractivity contribution in [3.8, 4) is 34.1 Å². The van der Waals surface area contributed by atoms with Crippen molar-refractivity contribution in [2.75, 3.05) is 33.8 Å². The molecule has 0 spiro atoms. The Morgan fingerprint density at radius 1 is 0.966 bits per heavy atom. The monoisotopic (exact) mass is 422 g/mol. The summed E-state index contributed by atoms with van der Waals surface area (Å²) in [5.41, 5.74) is 1.39. The van der Waals surface area contributed by atoms with Gasteiger partial charge in [0.25, 0.3) is 0 Å². The number of carbonyl (C=O) groups is 1. The van der Waals surface area contributed by atoms with E-state index in [9.17, 15) is 13.2 Å². The van der Waals surface area contributed by atoms with Crippen LogP contribution in [0.3, 0.4) is 0 Å². The van der Waals surface area contributed by atoms with Crippen molar-refractivity contribution in [2.45, 2.75) is 13.3 Å². The predicted octanol–water partition coefficient (Wildman–Crippen LogP) is 3.43. The van der Waals surface area contributed by atoms with Crippen molar-refractivity contribution >= 4 is 27.8 Å². The van der Waals surface area contributed by atoms with Crippen LogP contribution in [0.5, 0.6) is 23.0 Å². The quantitative estimate of drug-likeness (QED) is 0.693. The highest BCUT2D eigenvalue weighted by Gasteiger charge is 2.23. The van der Waals surface area contributed by atoms with Crippen molar-refractivity contribution in [1.29, 1.82) is 0 Å². The van der Waals surface area contributed by atoms with Gasteiger partial charge < -0.3 is 24.3 Å². The summed E-state index contributed by atoms with van der Waals surface area (Å²) in [7, 11) is 3.03. The van der Waals surface area contributed by atoms with Gasteiger partial charge in [0.1, 0.15) is 5.75 Å². The average Bonchev–Trinajstić information content (AvgIpc) is 2.71. The van der Waals surface area contributed by atoms with Crippen molar-refractivity contribution < 1.29 is 32.2 Å². The number of methoxy groups -OCH3 is 4. The summed E-state index contributed by atoms with van der Waals surface area (Å²) in [6.45, 7) is 1.73. The first-order valence-corrected chi connectivity index (χ1v) is 9.55. The lowest BCUT2D eigenvalue weighted by Crippen LogP contribution is -2.10. The molecule has 1 N–H and O–H groups in total. The summed E-state index contributed by atoms with van der Waals surface area (Å²) in [4.78, 5) is 11.9. The fraction of sp³-hybridized carbons (Fsp3) is 0.316. The highest BCUT2D eigenvalue weighted by molar-refractivity contribution is 7.61. The van der Waals surface area contributed by atoms with Gasteiger partial charge in [-0.05, 0) is 17.7 Å². The van der Waals surface area contributed by atoms with Gasteiger partial charge >= 0.3 is 10.5 Å². The van der Waals surface area contributed by atoms with E-state index in [1.54, 1.807) is 25.1 Å². The first-order valence-electron chi connectivity index (χ1n) is 8.52. The zero-order valence-corrected chi connectivity index (χ0v) is 17.5. The van der Waals surface area contributed by atoms with Crippen LogP contribution in [0.15, 0.2) is 28.6 Å². The molecule has 0 unspecified atom stereocenters. The van der Waals surface area contributed by atoms with E-state index >= 15 is 0 Å². The lowest BCUT2D eigenvalue weighted by atomic mass is 10.00. The molecule has 29 heavy (non-hydrogen) atoms. The van der Waals surface area contributed by atoms with Gasteiger partial charge in [0.05, 0.1) is 45.4 Å². The lowest BCUT2D eigenvalue weighted by Gasteiger charge is -2.19. The Bertz CT molecular complexity index is 1040. The van der Waals surface area contributed by atoms with Gasteiger partial charge in [0, 0.05) is 12.5 Å². The minimum Gasteiger partial charge on any atom is -0.495 e. The third kappa shape index (κ3) is 4.77. The first kappa shape index (κ1) is 22.0. The Morgan fingerprint density at radius 3 is 2.14 bits per heavy atom. The lowest BCUT2D eigenvalue weighted by molar-refractivity contribution is -0.115. The molecule has 0 aliphatic rings. The third-order valence-electron chi connectivity index (χ3n) is 4.07. The van der Waals surface area contributed by atoms with E-state index in [0.29, 0.717) is 22.6 Å². The van der Waals surface area contributed by atoms with Crippen LogP contribution >= 0.6 is 0 Å². The van der Waals surface area contributed by atoms with Gasteiger partial charge in [0.15, 0.2) is 11.5 Å². The number of amides is 1. The normalized spacial score (nSPS) is 10.1. The van der Waals surface area contributed by atoms with Crippen molar-refractivity contribution in [3.63, 3.8) is 0 Å². The Labute approximate surface area is 170 Å². The molecule has 0 saturated carbocycles. The van der Waals surface area contributed by atoms with Crippen LogP contribution in [-0.2, 0) is 15.3 Å². The summed E-state index contributed by atoms with van der Waals surface area (Å²) >= 11 is 0. The van der Waals surface area contributed by atoms with Gasteiger partial charge in [-0.3, -0.25) is 4.79 Å². The van der Waals surface area contributed by atoms with Gasteiger partial charge in [0.2, 0.25) is 11.7 Å². The topological polar surface area (TPSA) is 113 Å². The van der Waals surface area contributed by atoms with Crippen molar-refractivity contribution in [3.05, 3.63) is 24.3 Å². The highest BCUT2D eigenvalue weighted by Crippen LogP contribution is 2.50. The Kier molecular flexibility index (Phi) is 7.43. The summed E-state index contributed by atoms with van der Waals surface area (Å²) in [5.74, 6) is 1.00. The van der Waals surface area contributed by atoms with Crippen LogP contribution in [0.25, 0.3) is 11.1 Å². The maximum Gasteiger partial charge on any atom is 0.316 e. The van der Waals surface area contributed by atoms with E-state index in [4.69, 9.17) is 18.9 Å². The molecule has 156 valence electrons. The minimum atomic E-state index is -2.72. The van der Waals surface area contributed by atoms with Crippen LogP contribution in [0.1, 0.15) is 13.3 Å². The molecule has 2 rings (SSSR count). The molecule has 0 atom stereocenters. The number of hydrogen-bond donors (Lipinski definition) is 1. The summed E-state index contributed by atoms with van der Waals surface area (Å²) in [5, 5.41) is 2.76. The maximum absolute atomic E-state index is 11.9. The molecule has 9 nitrogen and oxygen atoms in total. The molecule has 0 radical (unpaired) electrons. The highest BCUT2D eigenvalue weighted by atomic mass is 32.2. The number of benzene rings is 2. The average molecular weight is 422 g/mol. The predicted molar refractivity (Wildman–Crippen MR) is 108 cm³/mol. The van der Waals surface area contributed by atoms with Crippen LogP contribution in [0, 0.1) is 0 Å². The zero-order chi connectivity index (χ0) is 21.6. The van der Waals surface area contributed by atoms with Crippen LogP contribution in [-0.4, -0.2) is 42.8 Å². The minimum absolute atomic E-state index is 0.0887.